The average Bonchev–Trinajstić information content (AvgIpc) is 2.27. The first-order valence-electron chi connectivity index (χ1n) is 5.73. The van der Waals surface area contributed by atoms with Crippen LogP contribution in [-0.4, -0.2) is 25.7 Å². The van der Waals surface area contributed by atoms with Gasteiger partial charge in [-0.05, 0) is 25.1 Å². The van der Waals surface area contributed by atoms with E-state index in [2.05, 4.69) is 5.32 Å². The molecule has 18 heavy (non-hydrogen) atoms. The maximum atomic E-state index is 13.7. The number of halogens is 4. The van der Waals surface area contributed by atoms with Gasteiger partial charge in [-0.15, -0.1) is 0 Å². The van der Waals surface area contributed by atoms with Crippen molar-refractivity contribution in [2.45, 2.75) is 19.1 Å². The molecule has 0 bridgehead atoms. The zero-order valence-electron chi connectivity index (χ0n) is 9.89. The highest BCUT2D eigenvalue weighted by atomic mass is 19.4. The summed E-state index contributed by atoms with van der Waals surface area (Å²) >= 11 is 0. The number of rotatable bonds is 1. The van der Waals surface area contributed by atoms with Crippen LogP contribution in [0.1, 0.15) is 12.5 Å². The summed E-state index contributed by atoms with van der Waals surface area (Å²) in [6.07, 6.45) is -4.50. The molecule has 0 spiro atoms. The van der Waals surface area contributed by atoms with Crippen LogP contribution in [0.5, 0.6) is 0 Å². The van der Waals surface area contributed by atoms with Crippen LogP contribution >= 0.6 is 0 Å². The summed E-state index contributed by atoms with van der Waals surface area (Å²) in [7, 11) is 0. The third kappa shape index (κ3) is 2.75. The van der Waals surface area contributed by atoms with Gasteiger partial charge >= 0.3 is 6.18 Å². The molecule has 2 nitrogen and oxygen atoms in total. The Kier molecular flexibility index (Phi) is 3.47. The van der Waals surface area contributed by atoms with Gasteiger partial charge in [-0.1, -0.05) is 0 Å². The molecule has 1 N–H and O–H groups in total. The molecule has 6 heteroatoms. The normalized spacial score (nSPS) is 21.2. The minimum atomic E-state index is -4.50. The molecule has 1 atom stereocenters. The molecule has 1 aliphatic heterocycles. The number of nitrogens with one attached hydrogen (secondary N) is 1. The van der Waals surface area contributed by atoms with Crippen LogP contribution in [0.15, 0.2) is 18.2 Å². The molecule has 0 aliphatic carbocycles. The standard InChI is InChI=1S/C12H14F4N2/c1-8-7-18(5-4-17-8)11-3-2-9(6-10(11)13)12(14,15)16/h2-3,6,8,17H,4-5,7H2,1H3. The quantitative estimate of drug-likeness (QED) is 0.783. The monoisotopic (exact) mass is 262 g/mol. The van der Waals surface area contributed by atoms with E-state index in [-0.39, 0.29) is 11.7 Å². The summed E-state index contributed by atoms with van der Waals surface area (Å²) in [6.45, 7) is 3.82. The third-order valence-corrected chi connectivity index (χ3v) is 2.98. The average molecular weight is 262 g/mol. The Morgan fingerprint density at radius 3 is 2.61 bits per heavy atom. The topological polar surface area (TPSA) is 15.3 Å². The highest BCUT2D eigenvalue weighted by molar-refractivity contribution is 5.50. The molecule has 1 saturated heterocycles. The summed E-state index contributed by atoms with van der Waals surface area (Å²) in [5, 5.41) is 3.19. The Morgan fingerprint density at radius 2 is 2.06 bits per heavy atom. The minimum absolute atomic E-state index is 0.195. The van der Waals surface area contributed by atoms with Gasteiger partial charge in [0, 0.05) is 25.7 Å². The second-order valence-electron chi connectivity index (χ2n) is 4.47. The third-order valence-electron chi connectivity index (χ3n) is 2.98. The number of nitrogens with zero attached hydrogens (tertiary/aromatic N) is 1. The molecule has 2 rings (SSSR count). The van der Waals surface area contributed by atoms with Crippen molar-refractivity contribution in [1.29, 1.82) is 0 Å². The van der Waals surface area contributed by atoms with Crippen LogP contribution in [-0.2, 0) is 6.18 Å². The lowest BCUT2D eigenvalue weighted by Gasteiger charge is -2.33. The van der Waals surface area contributed by atoms with E-state index >= 15 is 0 Å². The molecular formula is C12H14F4N2. The second kappa shape index (κ2) is 4.76. The Labute approximate surface area is 103 Å². The zero-order chi connectivity index (χ0) is 13.3. The largest absolute Gasteiger partial charge is 0.416 e. The molecule has 100 valence electrons. The van der Waals surface area contributed by atoms with Crippen molar-refractivity contribution < 1.29 is 17.6 Å². The number of anilines is 1. The maximum Gasteiger partial charge on any atom is 0.416 e. The molecule has 1 aromatic carbocycles. The van der Waals surface area contributed by atoms with Gasteiger partial charge in [0.2, 0.25) is 0 Å². The summed E-state index contributed by atoms with van der Waals surface area (Å²) in [4.78, 5) is 1.76. The summed E-state index contributed by atoms with van der Waals surface area (Å²) < 4.78 is 51.0. The second-order valence-corrected chi connectivity index (χ2v) is 4.47. The Balaban J connectivity index is 2.24. The lowest BCUT2D eigenvalue weighted by molar-refractivity contribution is -0.137. The molecule has 0 saturated carbocycles. The molecule has 1 fully saturated rings. The summed E-state index contributed by atoms with van der Waals surface area (Å²) in [5.41, 5.74) is -0.719. The van der Waals surface area contributed by atoms with Crippen LogP contribution in [0, 0.1) is 5.82 Å². The number of benzene rings is 1. The fourth-order valence-electron chi connectivity index (χ4n) is 2.09. The molecular weight excluding hydrogens is 248 g/mol. The molecule has 1 heterocycles. The molecule has 1 unspecified atom stereocenters. The van der Waals surface area contributed by atoms with Gasteiger partial charge in [0.25, 0.3) is 0 Å². The van der Waals surface area contributed by atoms with Crippen molar-refractivity contribution in [2.75, 3.05) is 24.5 Å². The lowest BCUT2D eigenvalue weighted by atomic mass is 10.1. The predicted octanol–water partition coefficient (Wildman–Crippen LogP) is 2.64. The molecule has 1 aromatic rings. The Morgan fingerprint density at radius 1 is 1.33 bits per heavy atom. The van der Waals surface area contributed by atoms with Gasteiger partial charge in [0.15, 0.2) is 0 Å². The van der Waals surface area contributed by atoms with Gasteiger partial charge in [-0.2, -0.15) is 13.2 Å². The minimum Gasteiger partial charge on any atom is -0.366 e. The van der Waals surface area contributed by atoms with E-state index in [1.807, 2.05) is 6.92 Å². The maximum absolute atomic E-state index is 13.7. The van der Waals surface area contributed by atoms with Gasteiger partial charge in [-0.3, -0.25) is 0 Å². The SMILES string of the molecule is CC1CN(c2ccc(C(F)(F)F)cc2F)CCN1. The van der Waals surface area contributed by atoms with E-state index in [9.17, 15) is 17.6 Å². The van der Waals surface area contributed by atoms with E-state index in [1.165, 1.54) is 6.07 Å². The number of hydrogen-bond donors (Lipinski definition) is 1. The number of piperazine rings is 1. The van der Waals surface area contributed by atoms with Crippen molar-refractivity contribution in [1.82, 2.24) is 5.32 Å². The van der Waals surface area contributed by atoms with E-state index in [0.29, 0.717) is 25.7 Å². The summed E-state index contributed by atoms with van der Waals surface area (Å²) in [5.74, 6) is -0.820. The molecule has 1 aliphatic rings. The highest BCUT2D eigenvalue weighted by Crippen LogP contribution is 2.32. The first-order chi connectivity index (χ1) is 8.38. The first kappa shape index (κ1) is 13.1. The number of hydrogen-bond acceptors (Lipinski definition) is 2. The Hall–Kier alpha value is -1.30. The van der Waals surface area contributed by atoms with Gasteiger partial charge in [0.1, 0.15) is 5.82 Å². The zero-order valence-corrected chi connectivity index (χ0v) is 9.89. The fourth-order valence-corrected chi connectivity index (χ4v) is 2.09. The van der Waals surface area contributed by atoms with E-state index < -0.39 is 17.6 Å². The van der Waals surface area contributed by atoms with Gasteiger partial charge < -0.3 is 10.2 Å². The lowest BCUT2D eigenvalue weighted by Crippen LogP contribution is -2.49. The van der Waals surface area contributed by atoms with Crippen LogP contribution in [0.25, 0.3) is 0 Å². The van der Waals surface area contributed by atoms with Crippen molar-refractivity contribution in [3.05, 3.63) is 29.6 Å². The Bertz CT molecular complexity index is 431. The first-order valence-corrected chi connectivity index (χ1v) is 5.73. The highest BCUT2D eigenvalue weighted by Gasteiger charge is 2.31. The fraction of sp³-hybridized carbons (Fsp3) is 0.500. The van der Waals surface area contributed by atoms with Crippen LogP contribution in [0.3, 0.4) is 0 Å². The molecule has 0 radical (unpaired) electrons. The predicted molar refractivity (Wildman–Crippen MR) is 61.1 cm³/mol. The van der Waals surface area contributed by atoms with Crippen LogP contribution in [0.2, 0.25) is 0 Å². The summed E-state index contributed by atoms with van der Waals surface area (Å²) in [6, 6.07) is 2.88. The van der Waals surface area contributed by atoms with E-state index in [0.717, 1.165) is 6.07 Å². The van der Waals surface area contributed by atoms with Crippen LogP contribution in [0.4, 0.5) is 23.2 Å². The van der Waals surface area contributed by atoms with Gasteiger partial charge in [-0.25, -0.2) is 4.39 Å². The van der Waals surface area contributed by atoms with Crippen molar-refractivity contribution in [2.24, 2.45) is 0 Å². The van der Waals surface area contributed by atoms with Crippen LogP contribution < -0.4 is 10.2 Å². The molecule has 0 aromatic heterocycles. The van der Waals surface area contributed by atoms with Gasteiger partial charge in [0.05, 0.1) is 11.3 Å². The number of alkyl halides is 3. The molecule has 0 amide bonds. The van der Waals surface area contributed by atoms with Crippen molar-refractivity contribution >= 4 is 5.69 Å². The van der Waals surface area contributed by atoms with E-state index in [4.69, 9.17) is 0 Å². The van der Waals surface area contributed by atoms with Crippen molar-refractivity contribution in [3.63, 3.8) is 0 Å². The van der Waals surface area contributed by atoms with Crippen molar-refractivity contribution in [3.8, 4) is 0 Å². The van der Waals surface area contributed by atoms with E-state index in [1.54, 1.807) is 4.90 Å². The smallest absolute Gasteiger partial charge is 0.366 e.